The number of anilines is 1. The second kappa shape index (κ2) is 5.14. The van der Waals surface area contributed by atoms with Gasteiger partial charge in [-0.05, 0) is 32.9 Å². The Morgan fingerprint density at radius 3 is 2.53 bits per heavy atom. The second-order valence-corrected chi connectivity index (χ2v) is 5.12. The predicted molar refractivity (Wildman–Crippen MR) is 71.2 cm³/mol. The molecule has 1 aromatic rings. The third-order valence-electron chi connectivity index (χ3n) is 3.03. The minimum absolute atomic E-state index is 0.0499. The smallest absolute Gasteiger partial charge is 0.272 e. The van der Waals surface area contributed by atoms with Gasteiger partial charge in [-0.3, -0.25) is 10.1 Å². The van der Waals surface area contributed by atoms with Crippen molar-refractivity contribution in [3.63, 3.8) is 0 Å². The summed E-state index contributed by atoms with van der Waals surface area (Å²) in [6, 6.07) is 5.02. The minimum atomic E-state index is -0.538. The van der Waals surface area contributed by atoms with Crippen LogP contribution >= 0.6 is 0 Å². The molecule has 2 rings (SSSR count). The first-order chi connectivity index (χ1) is 8.87. The molecule has 19 heavy (non-hydrogen) atoms. The molecule has 0 atom stereocenters. The maximum absolute atomic E-state index is 10.7. The molecule has 1 heterocycles. The lowest BCUT2D eigenvalue weighted by molar-refractivity contribution is -0.385. The van der Waals surface area contributed by atoms with Crippen LogP contribution in [0.15, 0.2) is 18.2 Å². The van der Waals surface area contributed by atoms with Crippen LogP contribution in [-0.2, 0) is 9.47 Å². The van der Waals surface area contributed by atoms with Gasteiger partial charge in [-0.25, -0.2) is 0 Å². The molecule has 1 aliphatic heterocycles. The Bertz CT molecular complexity index is 478. The van der Waals surface area contributed by atoms with Crippen molar-refractivity contribution < 1.29 is 14.4 Å². The first-order valence-electron chi connectivity index (χ1n) is 6.17. The third-order valence-corrected chi connectivity index (χ3v) is 3.03. The quantitative estimate of drug-likeness (QED) is 0.672. The first kappa shape index (κ1) is 13.8. The summed E-state index contributed by atoms with van der Waals surface area (Å²) in [6.45, 7) is 6.56. The summed E-state index contributed by atoms with van der Waals surface area (Å²) in [5, 5.41) is 14.0. The van der Waals surface area contributed by atoms with E-state index < -0.39 is 5.79 Å². The fourth-order valence-corrected chi connectivity index (χ4v) is 1.96. The molecular weight excluding hydrogens is 248 g/mol. The summed E-state index contributed by atoms with van der Waals surface area (Å²) < 4.78 is 11.1. The van der Waals surface area contributed by atoms with Crippen LogP contribution in [0.3, 0.4) is 0 Å². The molecule has 0 unspecified atom stereocenters. The number of hydrogen-bond donors (Lipinski definition) is 1. The highest BCUT2D eigenvalue weighted by atomic mass is 16.7. The van der Waals surface area contributed by atoms with E-state index in [0.29, 0.717) is 18.8 Å². The predicted octanol–water partition coefficient (Wildman–Crippen LogP) is 2.47. The maximum atomic E-state index is 10.7. The highest BCUT2D eigenvalue weighted by Gasteiger charge is 2.28. The van der Waals surface area contributed by atoms with E-state index in [1.54, 1.807) is 19.1 Å². The second-order valence-electron chi connectivity index (χ2n) is 5.12. The van der Waals surface area contributed by atoms with E-state index in [2.05, 4.69) is 5.32 Å². The molecule has 1 aromatic carbocycles. The van der Waals surface area contributed by atoms with Crippen LogP contribution < -0.4 is 5.32 Å². The zero-order valence-corrected chi connectivity index (χ0v) is 11.3. The molecule has 0 bridgehead atoms. The van der Waals surface area contributed by atoms with E-state index in [0.717, 1.165) is 5.69 Å². The van der Waals surface area contributed by atoms with E-state index in [1.165, 1.54) is 6.07 Å². The molecule has 104 valence electrons. The number of rotatable bonds is 3. The number of ether oxygens (including phenoxy) is 2. The van der Waals surface area contributed by atoms with E-state index in [-0.39, 0.29) is 16.7 Å². The SMILES string of the molecule is Cc1cc(NC2COC(C)(C)OC2)ccc1[N+](=O)[O-]. The van der Waals surface area contributed by atoms with Crippen LogP contribution in [0, 0.1) is 17.0 Å². The van der Waals surface area contributed by atoms with Gasteiger partial charge in [0.2, 0.25) is 0 Å². The standard InChI is InChI=1S/C13H18N2O4/c1-9-6-10(4-5-12(9)15(16)17)14-11-7-18-13(2,3)19-8-11/h4-6,11,14H,7-8H2,1-3H3. The van der Waals surface area contributed by atoms with Gasteiger partial charge < -0.3 is 14.8 Å². The Labute approximate surface area is 111 Å². The van der Waals surface area contributed by atoms with Gasteiger partial charge >= 0.3 is 0 Å². The number of aryl methyl sites for hydroxylation is 1. The molecule has 6 nitrogen and oxygen atoms in total. The van der Waals surface area contributed by atoms with Gasteiger partial charge in [0.15, 0.2) is 5.79 Å². The Kier molecular flexibility index (Phi) is 3.73. The zero-order chi connectivity index (χ0) is 14.0. The van der Waals surface area contributed by atoms with Crippen molar-refractivity contribution >= 4 is 11.4 Å². The van der Waals surface area contributed by atoms with Crippen LogP contribution in [0.25, 0.3) is 0 Å². The van der Waals surface area contributed by atoms with E-state index in [4.69, 9.17) is 9.47 Å². The number of nitro groups is 1. The number of hydrogen-bond acceptors (Lipinski definition) is 5. The molecule has 0 radical (unpaired) electrons. The Balaban J connectivity index is 2.01. The van der Waals surface area contributed by atoms with Gasteiger partial charge in [0.1, 0.15) is 0 Å². The minimum Gasteiger partial charge on any atom is -0.378 e. The van der Waals surface area contributed by atoms with E-state index >= 15 is 0 Å². The van der Waals surface area contributed by atoms with Crippen LogP contribution in [0.1, 0.15) is 19.4 Å². The Hall–Kier alpha value is -1.66. The number of benzene rings is 1. The summed E-state index contributed by atoms with van der Waals surface area (Å²) in [6.07, 6.45) is 0. The van der Waals surface area contributed by atoms with Gasteiger partial charge in [0.25, 0.3) is 5.69 Å². The van der Waals surface area contributed by atoms with Gasteiger partial charge in [-0.2, -0.15) is 0 Å². The molecule has 0 saturated carbocycles. The number of nitrogens with one attached hydrogen (secondary N) is 1. The van der Waals surface area contributed by atoms with Crippen LogP contribution in [-0.4, -0.2) is 30.0 Å². The molecule has 1 saturated heterocycles. The van der Waals surface area contributed by atoms with E-state index in [1.807, 2.05) is 13.8 Å². The van der Waals surface area contributed by atoms with Gasteiger partial charge in [-0.15, -0.1) is 0 Å². The Morgan fingerprint density at radius 1 is 1.37 bits per heavy atom. The van der Waals surface area contributed by atoms with Crippen molar-refractivity contribution in [3.05, 3.63) is 33.9 Å². The normalized spacial score (nSPS) is 19.1. The van der Waals surface area contributed by atoms with Crippen molar-refractivity contribution in [2.45, 2.75) is 32.6 Å². The molecule has 0 aromatic heterocycles. The van der Waals surface area contributed by atoms with E-state index in [9.17, 15) is 10.1 Å². The van der Waals surface area contributed by atoms with Crippen molar-refractivity contribution in [1.29, 1.82) is 0 Å². The number of nitro benzene ring substituents is 1. The number of nitrogens with zero attached hydrogens (tertiary/aromatic N) is 1. The van der Waals surface area contributed by atoms with Crippen molar-refractivity contribution in [2.75, 3.05) is 18.5 Å². The van der Waals surface area contributed by atoms with Gasteiger partial charge in [0.05, 0.1) is 24.2 Å². The fourth-order valence-electron chi connectivity index (χ4n) is 1.96. The lowest BCUT2D eigenvalue weighted by atomic mass is 10.1. The highest BCUT2D eigenvalue weighted by Crippen LogP contribution is 2.24. The first-order valence-corrected chi connectivity index (χ1v) is 6.17. The highest BCUT2D eigenvalue weighted by molar-refractivity contribution is 5.54. The summed E-state index contributed by atoms with van der Waals surface area (Å²) in [4.78, 5) is 10.4. The largest absolute Gasteiger partial charge is 0.378 e. The van der Waals surface area contributed by atoms with Crippen molar-refractivity contribution in [1.82, 2.24) is 0 Å². The molecule has 1 N–H and O–H groups in total. The monoisotopic (exact) mass is 266 g/mol. The van der Waals surface area contributed by atoms with Crippen LogP contribution in [0.2, 0.25) is 0 Å². The van der Waals surface area contributed by atoms with Crippen molar-refractivity contribution in [2.24, 2.45) is 0 Å². The lowest BCUT2D eigenvalue weighted by Crippen LogP contribution is -2.45. The molecule has 6 heteroatoms. The fraction of sp³-hybridized carbons (Fsp3) is 0.538. The average Bonchev–Trinajstić information content (AvgIpc) is 2.31. The molecule has 0 spiro atoms. The molecule has 1 aliphatic rings. The van der Waals surface area contributed by atoms with Gasteiger partial charge in [0, 0.05) is 17.3 Å². The topological polar surface area (TPSA) is 73.6 Å². The average molecular weight is 266 g/mol. The summed E-state index contributed by atoms with van der Waals surface area (Å²) >= 11 is 0. The third kappa shape index (κ3) is 3.42. The van der Waals surface area contributed by atoms with Crippen LogP contribution in [0.4, 0.5) is 11.4 Å². The molecular formula is C13H18N2O4. The van der Waals surface area contributed by atoms with Gasteiger partial charge in [-0.1, -0.05) is 0 Å². The Morgan fingerprint density at radius 2 is 2.00 bits per heavy atom. The zero-order valence-electron chi connectivity index (χ0n) is 11.3. The van der Waals surface area contributed by atoms with Crippen LogP contribution in [0.5, 0.6) is 0 Å². The summed E-state index contributed by atoms with van der Waals surface area (Å²) in [7, 11) is 0. The molecule has 0 amide bonds. The molecule has 1 fully saturated rings. The maximum Gasteiger partial charge on any atom is 0.272 e. The van der Waals surface area contributed by atoms with Crippen molar-refractivity contribution in [3.8, 4) is 0 Å². The summed E-state index contributed by atoms with van der Waals surface area (Å²) in [5.41, 5.74) is 1.59. The molecule has 0 aliphatic carbocycles. The lowest BCUT2D eigenvalue weighted by Gasteiger charge is -2.35. The summed E-state index contributed by atoms with van der Waals surface area (Å²) in [5.74, 6) is -0.538.